The summed E-state index contributed by atoms with van der Waals surface area (Å²) in [5, 5.41) is 3.22. The normalized spacial score (nSPS) is 17.9. The molecular formula is C24H21ClFN3O4. The van der Waals surface area contributed by atoms with Crippen LogP contribution in [0, 0.1) is 5.82 Å². The minimum atomic E-state index is -1.38. The van der Waals surface area contributed by atoms with Gasteiger partial charge in [-0.15, -0.1) is 0 Å². The second kappa shape index (κ2) is 8.71. The lowest BCUT2D eigenvalue weighted by molar-refractivity contribution is -0.138. The summed E-state index contributed by atoms with van der Waals surface area (Å²) >= 11 is 5.91. The zero-order chi connectivity index (χ0) is 23.8. The highest BCUT2D eigenvalue weighted by molar-refractivity contribution is 6.30. The molecule has 7 nitrogen and oxygen atoms in total. The number of hydrogen-bond donors (Lipinski definition) is 1. The van der Waals surface area contributed by atoms with Gasteiger partial charge in [0.25, 0.3) is 5.91 Å². The minimum Gasteiger partial charge on any atom is -0.459 e. The Labute approximate surface area is 194 Å². The molecule has 0 aliphatic carbocycles. The molecule has 4 amide bonds. The monoisotopic (exact) mass is 469 g/mol. The lowest BCUT2D eigenvalue weighted by Crippen LogP contribution is -2.43. The quantitative estimate of drug-likeness (QED) is 0.549. The van der Waals surface area contributed by atoms with Gasteiger partial charge in [-0.1, -0.05) is 23.7 Å². The molecule has 1 atom stereocenters. The molecule has 1 N–H and O–H groups in total. The van der Waals surface area contributed by atoms with Gasteiger partial charge >= 0.3 is 6.03 Å². The lowest BCUT2D eigenvalue weighted by atomic mass is 9.92. The van der Waals surface area contributed by atoms with Crippen molar-refractivity contribution in [2.75, 3.05) is 13.6 Å². The van der Waals surface area contributed by atoms with Gasteiger partial charge < -0.3 is 14.6 Å². The number of imide groups is 1. The van der Waals surface area contributed by atoms with Crippen molar-refractivity contribution in [3.8, 4) is 11.3 Å². The van der Waals surface area contributed by atoms with Crippen LogP contribution in [0.4, 0.5) is 9.18 Å². The van der Waals surface area contributed by atoms with E-state index in [2.05, 4.69) is 5.32 Å². The molecule has 1 fully saturated rings. The lowest BCUT2D eigenvalue weighted by Gasteiger charge is -2.23. The van der Waals surface area contributed by atoms with Gasteiger partial charge in [-0.25, -0.2) is 9.18 Å². The van der Waals surface area contributed by atoms with Crippen LogP contribution < -0.4 is 5.32 Å². The highest BCUT2D eigenvalue weighted by Crippen LogP contribution is 2.29. The summed E-state index contributed by atoms with van der Waals surface area (Å²) < 4.78 is 19.1. The number of carbonyl (C=O) groups excluding carboxylic acids is 3. The summed E-state index contributed by atoms with van der Waals surface area (Å²) in [7, 11) is 1.56. The van der Waals surface area contributed by atoms with E-state index in [1.165, 1.54) is 36.1 Å². The number of amides is 4. The topological polar surface area (TPSA) is 82.9 Å². The predicted molar refractivity (Wildman–Crippen MR) is 120 cm³/mol. The number of urea groups is 1. The molecule has 170 valence electrons. The molecule has 0 bridgehead atoms. The Balaban J connectivity index is 1.41. The van der Waals surface area contributed by atoms with Crippen molar-refractivity contribution in [3.05, 3.63) is 82.8 Å². The van der Waals surface area contributed by atoms with E-state index in [0.29, 0.717) is 22.1 Å². The molecule has 2 aromatic carbocycles. The molecule has 1 saturated heterocycles. The van der Waals surface area contributed by atoms with Gasteiger partial charge in [-0.2, -0.15) is 0 Å². The third-order valence-electron chi connectivity index (χ3n) is 5.60. The van der Waals surface area contributed by atoms with Gasteiger partial charge in [0.2, 0.25) is 5.91 Å². The van der Waals surface area contributed by atoms with Crippen LogP contribution in [0.1, 0.15) is 18.2 Å². The van der Waals surface area contributed by atoms with Crippen molar-refractivity contribution in [3.63, 3.8) is 0 Å². The van der Waals surface area contributed by atoms with Crippen molar-refractivity contribution < 1.29 is 23.2 Å². The molecule has 2 heterocycles. The Morgan fingerprint density at radius 3 is 2.42 bits per heavy atom. The Morgan fingerprint density at radius 1 is 1.09 bits per heavy atom. The third kappa shape index (κ3) is 4.47. The fourth-order valence-electron chi connectivity index (χ4n) is 3.63. The molecule has 1 aliphatic rings. The van der Waals surface area contributed by atoms with E-state index in [9.17, 15) is 18.8 Å². The van der Waals surface area contributed by atoms with Crippen LogP contribution in [0.2, 0.25) is 5.02 Å². The van der Waals surface area contributed by atoms with Crippen molar-refractivity contribution in [2.45, 2.75) is 19.0 Å². The van der Waals surface area contributed by atoms with E-state index in [4.69, 9.17) is 16.0 Å². The molecule has 1 aromatic heterocycles. The first kappa shape index (κ1) is 22.5. The molecule has 0 radical (unpaired) electrons. The van der Waals surface area contributed by atoms with Gasteiger partial charge in [0.05, 0.1) is 6.54 Å². The van der Waals surface area contributed by atoms with E-state index in [1.54, 1.807) is 31.3 Å². The fourth-order valence-corrected chi connectivity index (χ4v) is 3.76. The molecule has 3 aromatic rings. The molecule has 0 spiro atoms. The van der Waals surface area contributed by atoms with Gasteiger partial charge in [-0.3, -0.25) is 14.5 Å². The fraction of sp³-hybridized carbons (Fsp3) is 0.208. The maximum absolute atomic E-state index is 13.3. The van der Waals surface area contributed by atoms with Crippen molar-refractivity contribution >= 4 is 29.4 Å². The number of benzene rings is 2. The van der Waals surface area contributed by atoms with E-state index in [0.717, 1.165) is 10.5 Å². The Bertz CT molecular complexity index is 1210. The van der Waals surface area contributed by atoms with Crippen molar-refractivity contribution in [2.24, 2.45) is 0 Å². The van der Waals surface area contributed by atoms with Crippen molar-refractivity contribution in [1.29, 1.82) is 0 Å². The van der Waals surface area contributed by atoms with Gasteiger partial charge in [0.1, 0.15) is 29.4 Å². The van der Waals surface area contributed by atoms with Crippen LogP contribution in [0.25, 0.3) is 11.3 Å². The number of hydrogen-bond acceptors (Lipinski definition) is 4. The molecule has 0 saturated carbocycles. The van der Waals surface area contributed by atoms with Crippen LogP contribution in [0.15, 0.2) is 65.1 Å². The highest BCUT2D eigenvalue weighted by Gasteiger charge is 2.49. The Morgan fingerprint density at radius 2 is 1.76 bits per heavy atom. The van der Waals surface area contributed by atoms with Crippen LogP contribution in [-0.2, 0) is 21.7 Å². The first-order valence-electron chi connectivity index (χ1n) is 10.2. The standard InChI is InChI=1S/C24H21ClFN3O4/c1-24(16-5-9-18(26)10-6-16)22(31)29(23(32)27-24)14-21(30)28(2)13-19-11-12-20(33-19)15-3-7-17(25)8-4-15/h3-12H,13-14H2,1-2H3,(H,27,32). The number of likely N-dealkylation sites (N-methyl/N-ethyl adjacent to an activating group) is 1. The van der Waals surface area contributed by atoms with Gasteiger partial charge in [0.15, 0.2) is 0 Å². The average molecular weight is 470 g/mol. The van der Waals surface area contributed by atoms with E-state index >= 15 is 0 Å². The van der Waals surface area contributed by atoms with E-state index < -0.39 is 35.7 Å². The van der Waals surface area contributed by atoms with Crippen LogP contribution in [-0.4, -0.2) is 41.2 Å². The highest BCUT2D eigenvalue weighted by atomic mass is 35.5. The number of furan rings is 1. The summed E-state index contributed by atoms with van der Waals surface area (Å²) in [6, 6.07) is 15.3. The largest absolute Gasteiger partial charge is 0.459 e. The molecule has 4 rings (SSSR count). The Kier molecular flexibility index (Phi) is 5.95. The first-order valence-corrected chi connectivity index (χ1v) is 10.5. The SMILES string of the molecule is CN(Cc1ccc(-c2ccc(Cl)cc2)o1)C(=O)CN1C(=O)NC(C)(c2ccc(F)cc2)C1=O. The van der Waals surface area contributed by atoms with E-state index in [-0.39, 0.29) is 6.54 Å². The van der Waals surface area contributed by atoms with Crippen LogP contribution in [0.5, 0.6) is 0 Å². The molecule has 1 aliphatic heterocycles. The number of nitrogens with one attached hydrogen (secondary N) is 1. The summed E-state index contributed by atoms with van der Waals surface area (Å²) in [6.45, 7) is 1.25. The number of rotatable bonds is 6. The predicted octanol–water partition coefficient (Wildman–Crippen LogP) is 4.16. The average Bonchev–Trinajstić information content (AvgIpc) is 3.33. The third-order valence-corrected chi connectivity index (χ3v) is 5.85. The maximum atomic E-state index is 13.3. The summed E-state index contributed by atoms with van der Waals surface area (Å²) in [4.78, 5) is 40.4. The summed E-state index contributed by atoms with van der Waals surface area (Å²) in [5.41, 5.74) is -0.104. The Hall–Kier alpha value is -3.65. The molecular weight excluding hydrogens is 449 g/mol. The number of carbonyl (C=O) groups is 3. The second-order valence-electron chi connectivity index (χ2n) is 7.98. The number of nitrogens with zero attached hydrogens (tertiary/aromatic N) is 2. The van der Waals surface area contributed by atoms with E-state index in [1.807, 2.05) is 12.1 Å². The smallest absolute Gasteiger partial charge is 0.325 e. The first-order chi connectivity index (χ1) is 15.7. The second-order valence-corrected chi connectivity index (χ2v) is 8.41. The zero-order valence-corrected chi connectivity index (χ0v) is 18.7. The van der Waals surface area contributed by atoms with Gasteiger partial charge in [-0.05, 0) is 61.0 Å². The van der Waals surface area contributed by atoms with Crippen molar-refractivity contribution in [1.82, 2.24) is 15.1 Å². The summed E-state index contributed by atoms with van der Waals surface area (Å²) in [6.07, 6.45) is 0. The molecule has 9 heteroatoms. The maximum Gasteiger partial charge on any atom is 0.325 e. The van der Waals surface area contributed by atoms with Gasteiger partial charge in [0, 0.05) is 17.6 Å². The molecule has 1 unspecified atom stereocenters. The number of halogens is 2. The van der Waals surface area contributed by atoms with Crippen LogP contribution in [0.3, 0.4) is 0 Å². The minimum absolute atomic E-state index is 0.158. The zero-order valence-electron chi connectivity index (χ0n) is 18.0. The summed E-state index contributed by atoms with van der Waals surface area (Å²) in [5.74, 6) is -0.295. The van der Waals surface area contributed by atoms with Crippen LogP contribution >= 0.6 is 11.6 Å². The molecule has 33 heavy (non-hydrogen) atoms.